The van der Waals surface area contributed by atoms with Crippen LogP contribution >= 0.6 is 11.8 Å². The van der Waals surface area contributed by atoms with Crippen molar-refractivity contribution < 1.29 is 19.9 Å². The molecule has 1 aliphatic heterocycles. The second kappa shape index (κ2) is 5.16. The van der Waals surface area contributed by atoms with E-state index in [-0.39, 0.29) is 21.8 Å². The van der Waals surface area contributed by atoms with Gasteiger partial charge in [0.25, 0.3) is 0 Å². The third kappa shape index (κ3) is 3.28. The lowest BCUT2D eigenvalue weighted by molar-refractivity contribution is -0.131. The Hall–Kier alpha value is -2.03. The summed E-state index contributed by atoms with van der Waals surface area (Å²) >= 11 is 0.895. The van der Waals surface area contributed by atoms with Gasteiger partial charge in [0, 0.05) is 6.92 Å². The van der Waals surface area contributed by atoms with Gasteiger partial charge in [-0.1, -0.05) is 5.16 Å². The van der Waals surface area contributed by atoms with Gasteiger partial charge in [-0.05, 0) is 11.8 Å². The van der Waals surface area contributed by atoms with Crippen LogP contribution in [-0.4, -0.2) is 32.4 Å². The first kappa shape index (κ1) is 12.0. The summed E-state index contributed by atoms with van der Waals surface area (Å²) in [5, 5.41) is 20.2. The predicted molar refractivity (Wildman–Crippen MR) is 56.9 cm³/mol. The summed E-state index contributed by atoms with van der Waals surface area (Å²) in [5.41, 5.74) is 4.70. The summed E-state index contributed by atoms with van der Waals surface area (Å²) in [4.78, 5) is 24.8. The van der Waals surface area contributed by atoms with E-state index in [2.05, 4.69) is 21.0 Å². The summed E-state index contributed by atoms with van der Waals surface area (Å²) in [5.74, 6) is -1.54. The molecule has 16 heavy (non-hydrogen) atoms. The number of amides is 1. The average Bonchev–Trinajstić information content (AvgIpc) is 2.56. The number of hydrogen-bond donors (Lipinski definition) is 4. The highest BCUT2D eigenvalue weighted by atomic mass is 32.2. The van der Waals surface area contributed by atoms with E-state index in [1.54, 1.807) is 0 Å². The summed E-state index contributed by atoms with van der Waals surface area (Å²) in [6.07, 6.45) is 0.796. The molecule has 1 aliphatic rings. The van der Waals surface area contributed by atoms with Crippen molar-refractivity contribution in [2.75, 3.05) is 0 Å². The average molecular weight is 244 g/mol. The first-order valence-electron chi connectivity index (χ1n) is 3.99. The summed E-state index contributed by atoms with van der Waals surface area (Å²) in [6, 6.07) is 0. The molecule has 0 unspecified atom stereocenters. The maximum Gasteiger partial charge on any atom is 0.330 e. The highest BCUT2D eigenvalue weighted by molar-refractivity contribution is 8.27. The third-order valence-corrected chi connectivity index (χ3v) is 2.20. The lowest BCUT2D eigenvalue weighted by Crippen LogP contribution is -2.38. The molecule has 86 valence electrons. The summed E-state index contributed by atoms with van der Waals surface area (Å²) in [6.45, 7) is 1.29. The number of hydrazine groups is 1. The molecule has 0 saturated carbocycles. The van der Waals surface area contributed by atoms with Gasteiger partial charge in [-0.25, -0.2) is 9.79 Å². The Kier molecular flexibility index (Phi) is 3.89. The van der Waals surface area contributed by atoms with Crippen molar-refractivity contribution in [1.82, 2.24) is 10.9 Å². The Labute approximate surface area is 94.1 Å². The molecule has 1 amide bonds. The first-order chi connectivity index (χ1) is 7.52. The van der Waals surface area contributed by atoms with E-state index in [9.17, 15) is 9.59 Å². The fourth-order valence-electron chi connectivity index (χ4n) is 0.801. The highest BCUT2D eigenvalue weighted by Gasteiger charge is 2.21. The van der Waals surface area contributed by atoms with E-state index in [4.69, 9.17) is 10.3 Å². The van der Waals surface area contributed by atoms with Crippen LogP contribution in [0.1, 0.15) is 6.92 Å². The minimum absolute atomic E-state index is 0.00727. The first-order valence-corrected chi connectivity index (χ1v) is 4.80. The van der Waals surface area contributed by atoms with E-state index in [1.165, 1.54) is 6.92 Å². The smallest absolute Gasteiger partial charge is 0.330 e. The van der Waals surface area contributed by atoms with Gasteiger partial charge in [-0.15, -0.1) is 0 Å². The van der Waals surface area contributed by atoms with Crippen molar-refractivity contribution in [3.63, 3.8) is 0 Å². The number of rotatable bonds is 1. The largest absolute Gasteiger partial charge is 0.478 e. The SMILES string of the molecule is CC(=O)NNC1=NC(=C/C(=O)O)/C(=N/O)S1. The van der Waals surface area contributed by atoms with E-state index in [1.807, 2.05) is 0 Å². The molecule has 4 N–H and O–H groups in total. The van der Waals surface area contributed by atoms with Gasteiger partial charge in [0.2, 0.25) is 5.91 Å². The Morgan fingerprint density at radius 1 is 1.56 bits per heavy atom. The maximum atomic E-state index is 10.6. The van der Waals surface area contributed by atoms with Crippen LogP contribution in [0.2, 0.25) is 0 Å². The zero-order valence-corrected chi connectivity index (χ0v) is 8.91. The Balaban J connectivity index is 2.77. The number of carbonyl (C=O) groups is 2. The van der Waals surface area contributed by atoms with Crippen molar-refractivity contribution in [3.8, 4) is 0 Å². The molecule has 0 bridgehead atoms. The lowest BCUT2D eigenvalue weighted by atomic mass is 10.4. The van der Waals surface area contributed by atoms with Crippen LogP contribution < -0.4 is 10.9 Å². The second-order valence-corrected chi connectivity index (χ2v) is 3.58. The van der Waals surface area contributed by atoms with Crippen LogP contribution in [0.4, 0.5) is 0 Å². The van der Waals surface area contributed by atoms with Gasteiger partial charge >= 0.3 is 5.97 Å². The Morgan fingerprint density at radius 2 is 2.25 bits per heavy atom. The fraction of sp³-hybridized carbons (Fsp3) is 0.143. The van der Waals surface area contributed by atoms with Gasteiger partial charge in [-0.3, -0.25) is 15.6 Å². The zero-order chi connectivity index (χ0) is 12.1. The molecule has 8 nitrogen and oxygen atoms in total. The number of thioether (sulfide) groups is 1. The molecule has 1 heterocycles. The topological polar surface area (TPSA) is 123 Å². The van der Waals surface area contributed by atoms with Crippen LogP contribution in [0.25, 0.3) is 0 Å². The molecule has 0 fully saturated rings. The number of amidine groups is 1. The Bertz CT molecular complexity index is 415. The normalized spacial score (nSPS) is 19.7. The predicted octanol–water partition coefficient (Wildman–Crippen LogP) is -0.514. The van der Waals surface area contributed by atoms with Gasteiger partial charge in [-0.2, -0.15) is 0 Å². The number of aliphatic imine (C=N–C) groups is 1. The van der Waals surface area contributed by atoms with Crippen molar-refractivity contribution in [2.24, 2.45) is 10.1 Å². The quantitative estimate of drug-likeness (QED) is 0.280. The molecule has 9 heteroatoms. The molecular weight excluding hydrogens is 236 g/mol. The molecule has 0 aliphatic carbocycles. The minimum atomic E-state index is -1.21. The number of aliphatic carboxylic acids is 1. The van der Waals surface area contributed by atoms with Crippen molar-refractivity contribution >= 4 is 33.8 Å². The number of carbonyl (C=O) groups excluding carboxylic acids is 1. The van der Waals surface area contributed by atoms with Gasteiger partial charge in [0.15, 0.2) is 10.2 Å². The summed E-state index contributed by atoms with van der Waals surface area (Å²) < 4.78 is 0. The van der Waals surface area contributed by atoms with Crippen LogP contribution in [0.5, 0.6) is 0 Å². The molecular formula is C7H8N4O4S. The molecule has 0 radical (unpaired) electrons. The van der Waals surface area contributed by atoms with Crippen molar-refractivity contribution in [2.45, 2.75) is 6.92 Å². The van der Waals surface area contributed by atoms with E-state index in [0.29, 0.717) is 0 Å². The second-order valence-electron chi connectivity index (χ2n) is 2.60. The number of carboxylic acids is 1. The number of hydrogen-bond acceptors (Lipinski definition) is 7. The highest BCUT2D eigenvalue weighted by Crippen LogP contribution is 2.22. The zero-order valence-electron chi connectivity index (χ0n) is 8.09. The molecule has 0 spiro atoms. The minimum Gasteiger partial charge on any atom is -0.478 e. The molecule has 1 rings (SSSR count). The molecule has 0 saturated heterocycles. The standard InChI is InChI=1S/C7H8N4O4S/c1-3(12)9-10-7-8-4(2-5(13)14)6(11-15)16-7/h2,15H,1H3,(H,8,10)(H,9,12)(H,13,14)/b4-2+,11-6-. The van der Waals surface area contributed by atoms with E-state index in [0.717, 1.165) is 17.8 Å². The Morgan fingerprint density at radius 3 is 2.75 bits per heavy atom. The number of nitrogens with one attached hydrogen (secondary N) is 2. The van der Waals surface area contributed by atoms with Crippen LogP contribution in [0.15, 0.2) is 21.9 Å². The third-order valence-electron chi connectivity index (χ3n) is 1.33. The van der Waals surface area contributed by atoms with Crippen LogP contribution in [-0.2, 0) is 9.59 Å². The summed E-state index contributed by atoms with van der Waals surface area (Å²) in [7, 11) is 0. The van der Waals surface area contributed by atoms with Crippen molar-refractivity contribution in [3.05, 3.63) is 11.8 Å². The van der Waals surface area contributed by atoms with E-state index >= 15 is 0 Å². The van der Waals surface area contributed by atoms with Crippen LogP contribution in [0.3, 0.4) is 0 Å². The molecule has 0 aromatic carbocycles. The van der Waals surface area contributed by atoms with E-state index < -0.39 is 5.97 Å². The molecule has 0 atom stereocenters. The number of carboxylic acid groups (broad SMARTS) is 1. The van der Waals surface area contributed by atoms with Gasteiger partial charge in [0.05, 0.1) is 6.08 Å². The fourth-order valence-corrected chi connectivity index (χ4v) is 1.48. The van der Waals surface area contributed by atoms with Crippen LogP contribution in [0, 0.1) is 0 Å². The number of oxime groups is 1. The van der Waals surface area contributed by atoms with Gasteiger partial charge in [0.1, 0.15) is 5.70 Å². The van der Waals surface area contributed by atoms with Crippen molar-refractivity contribution in [1.29, 1.82) is 0 Å². The van der Waals surface area contributed by atoms with Gasteiger partial charge < -0.3 is 10.3 Å². The maximum absolute atomic E-state index is 10.6. The molecule has 0 aromatic rings. The number of nitrogens with zero attached hydrogens (tertiary/aromatic N) is 2. The molecule has 0 aromatic heterocycles. The lowest BCUT2D eigenvalue weighted by Gasteiger charge is -2.02. The monoisotopic (exact) mass is 244 g/mol.